The molecule has 5 nitrogen and oxygen atoms in total. The molecule has 0 fully saturated rings. The minimum absolute atomic E-state index is 0.123. The smallest absolute Gasteiger partial charge is 0.242 e. The van der Waals surface area contributed by atoms with Gasteiger partial charge in [0.2, 0.25) is 10.0 Å². The molecule has 0 amide bonds. The Balaban J connectivity index is 2.12. The molecule has 8 heteroatoms. The summed E-state index contributed by atoms with van der Waals surface area (Å²) < 4.78 is 39.9. The Bertz CT molecular complexity index is 702. The number of benzene rings is 1. The van der Waals surface area contributed by atoms with Crippen molar-refractivity contribution in [1.82, 2.24) is 14.7 Å². The molecule has 0 bridgehead atoms. The minimum Gasteiger partial charge on any atom is -0.348 e. The van der Waals surface area contributed by atoms with Crippen molar-refractivity contribution in [2.75, 3.05) is 6.54 Å². The number of aryl methyl sites for hydroxylation is 1. The van der Waals surface area contributed by atoms with Gasteiger partial charge in [-0.15, -0.1) is 0 Å². The quantitative estimate of drug-likeness (QED) is 0.886. The molecule has 0 atom stereocenters. The van der Waals surface area contributed by atoms with Crippen LogP contribution in [0.2, 0.25) is 5.02 Å². The van der Waals surface area contributed by atoms with Gasteiger partial charge in [-0.25, -0.2) is 22.5 Å². The van der Waals surface area contributed by atoms with E-state index in [4.69, 9.17) is 11.6 Å². The van der Waals surface area contributed by atoms with Crippen LogP contribution in [0, 0.1) is 12.7 Å². The molecule has 2 aromatic rings. The number of aromatic nitrogens is 2. The topological polar surface area (TPSA) is 74.8 Å². The van der Waals surface area contributed by atoms with Crippen molar-refractivity contribution < 1.29 is 12.8 Å². The lowest BCUT2D eigenvalue weighted by Crippen LogP contribution is -2.26. The van der Waals surface area contributed by atoms with Gasteiger partial charge in [0.25, 0.3) is 0 Å². The van der Waals surface area contributed by atoms with Crippen molar-refractivity contribution in [2.45, 2.75) is 18.2 Å². The van der Waals surface area contributed by atoms with Gasteiger partial charge < -0.3 is 4.98 Å². The van der Waals surface area contributed by atoms with Crippen LogP contribution < -0.4 is 4.72 Å². The number of nitrogens with one attached hydrogen (secondary N) is 2. The second-order valence-corrected chi connectivity index (χ2v) is 6.40. The molecule has 0 unspecified atom stereocenters. The maximum absolute atomic E-state index is 13.3. The van der Waals surface area contributed by atoms with Gasteiger partial charge in [0.15, 0.2) is 0 Å². The van der Waals surface area contributed by atoms with E-state index in [9.17, 15) is 12.8 Å². The van der Waals surface area contributed by atoms with Crippen molar-refractivity contribution in [3.63, 3.8) is 0 Å². The fourth-order valence-corrected chi connectivity index (χ4v) is 3.28. The monoisotopic (exact) mass is 317 g/mol. The van der Waals surface area contributed by atoms with Crippen LogP contribution in [0.15, 0.2) is 29.6 Å². The standard InChI is InChI=1S/C12H13ClFN3O2S/c1-8-4-12(10(13)5-11(8)14)20(18,19)17-3-2-9-6-15-7-16-9/h4-7,17H,2-3H2,1H3,(H,15,16). The zero-order valence-corrected chi connectivity index (χ0v) is 12.2. The zero-order chi connectivity index (χ0) is 14.8. The first-order valence-electron chi connectivity index (χ1n) is 5.83. The van der Waals surface area contributed by atoms with E-state index in [0.29, 0.717) is 6.42 Å². The molecule has 1 aromatic carbocycles. The number of imidazole rings is 1. The Hall–Kier alpha value is -1.44. The van der Waals surface area contributed by atoms with Crippen LogP contribution >= 0.6 is 11.6 Å². The lowest BCUT2D eigenvalue weighted by molar-refractivity contribution is 0.580. The Morgan fingerprint density at radius 1 is 1.45 bits per heavy atom. The average Bonchev–Trinajstić information content (AvgIpc) is 2.86. The van der Waals surface area contributed by atoms with Crippen LogP contribution in [0.3, 0.4) is 0 Å². The second kappa shape index (κ2) is 5.90. The van der Waals surface area contributed by atoms with E-state index >= 15 is 0 Å². The predicted octanol–water partition coefficient (Wildman–Crippen LogP) is 2.03. The number of H-pyrrole nitrogens is 1. The van der Waals surface area contributed by atoms with Crippen LogP contribution in [0.4, 0.5) is 4.39 Å². The average molecular weight is 318 g/mol. The van der Waals surface area contributed by atoms with Crippen molar-refractivity contribution in [2.24, 2.45) is 0 Å². The molecule has 2 N–H and O–H groups in total. The van der Waals surface area contributed by atoms with Crippen molar-refractivity contribution >= 4 is 21.6 Å². The highest BCUT2D eigenvalue weighted by molar-refractivity contribution is 7.89. The summed E-state index contributed by atoms with van der Waals surface area (Å²) >= 11 is 5.79. The van der Waals surface area contributed by atoms with Crippen LogP contribution in [0.5, 0.6) is 0 Å². The number of hydrogen-bond acceptors (Lipinski definition) is 3. The third-order valence-corrected chi connectivity index (χ3v) is 4.67. The second-order valence-electron chi connectivity index (χ2n) is 4.26. The summed E-state index contributed by atoms with van der Waals surface area (Å²) in [7, 11) is -3.77. The molecule has 0 radical (unpaired) electrons. The molecule has 1 heterocycles. The molecular formula is C12H13ClFN3O2S. The molecule has 20 heavy (non-hydrogen) atoms. The molecule has 0 aliphatic carbocycles. The third-order valence-electron chi connectivity index (χ3n) is 2.74. The fourth-order valence-electron chi connectivity index (χ4n) is 1.66. The highest BCUT2D eigenvalue weighted by Gasteiger charge is 2.19. The van der Waals surface area contributed by atoms with Gasteiger partial charge in [-0.2, -0.15) is 0 Å². The Labute approximate surface area is 121 Å². The van der Waals surface area contributed by atoms with Gasteiger partial charge in [-0.3, -0.25) is 0 Å². The minimum atomic E-state index is -3.77. The molecule has 108 valence electrons. The number of aromatic amines is 1. The summed E-state index contributed by atoms with van der Waals surface area (Å²) in [5, 5.41) is -0.137. The highest BCUT2D eigenvalue weighted by Crippen LogP contribution is 2.24. The highest BCUT2D eigenvalue weighted by atomic mass is 35.5. The van der Waals surface area contributed by atoms with E-state index in [0.717, 1.165) is 11.8 Å². The molecule has 0 aliphatic heterocycles. The van der Waals surface area contributed by atoms with Gasteiger partial charge >= 0.3 is 0 Å². The number of hydrogen-bond donors (Lipinski definition) is 2. The molecule has 2 rings (SSSR count). The Morgan fingerprint density at radius 3 is 2.85 bits per heavy atom. The Kier molecular flexibility index (Phi) is 4.42. The maximum atomic E-state index is 13.3. The van der Waals surface area contributed by atoms with E-state index in [1.165, 1.54) is 19.3 Å². The van der Waals surface area contributed by atoms with Crippen molar-refractivity contribution in [3.8, 4) is 0 Å². The normalized spacial score (nSPS) is 11.8. The van der Waals surface area contributed by atoms with E-state index in [1.54, 1.807) is 6.20 Å². The summed E-state index contributed by atoms with van der Waals surface area (Å²) in [6.07, 6.45) is 3.60. The molecular weight excluding hydrogens is 305 g/mol. The van der Waals surface area contributed by atoms with Gasteiger partial charge in [0.1, 0.15) is 10.7 Å². The first kappa shape index (κ1) is 15.0. The van der Waals surface area contributed by atoms with Crippen molar-refractivity contribution in [3.05, 3.63) is 46.8 Å². The van der Waals surface area contributed by atoms with Gasteiger partial charge in [0.05, 0.1) is 11.3 Å². The molecule has 1 aromatic heterocycles. The third kappa shape index (κ3) is 3.36. The number of halogens is 2. The summed E-state index contributed by atoms with van der Waals surface area (Å²) in [6, 6.07) is 2.22. The zero-order valence-electron chi connectivity index (χ0n) is 10.7. The van der Waals surface area contributed by atoms with Crippen LogP contribution in [-0.4, -0.2) is 24.9 Å². The molecule has 0 saturated carbocycles. The molecule has 0 aliphatic rings. The fraction of sp³-hybridized carbons (Fsp3) is 0.250. The predicted molar refractivity (Wildman–Crippen MR) is 73.6 cm³/mol. The number of rotatable bonds is 5. The maximum Gasteiger partial charge on any atom is 0.242 e. The van der Waals surface area contributed by atoms with Crippen molar-refractivity contribution in [1.29, 1.82) is 0 Å². The van der Waals surface area contributed by atoms with Crippen LogP contribution in [-0.2, 0) is 16.4 Å². The largest absolute Gasteiger partial charge is 0.348 e. The number of nitrogens with zero attached hydrogens (tertiary/aromatic N) is 1. The lowest BCUT2D eigenvalue weighted by Gasteiger charge is -2.09. The first-order valence-corrected chi connectivity index (χ1v) is 7.69. The van der Waals surface area contributed by atoms with E-state index in [1.807, 2.05) is 0 Å². The summed E-state index contributed by atoms with van der Waals surface area (Å²) in [6.45, 7) is 1.67. The molecule has 0 spiro atoms. The van der Waals surface area contributed by atoms with E-state index < -0.39 is 15.8 Å². The number of sulfonamides is 1. The van der Waals surface area contributed by atoms with Crippen LogP contribution in [0.25, 0.3) is 0 Å². The Morgan fingerprint density at radius 2 is 2.20 bits per heavy atom. The lowest BCUT2D eigenvalue weighted by atomic mass is 10.2. The van der Waals surface area contributed by atoms with E-state index in [2.05, 4.69) is 14.7 Å². The summed E-state index contributed by atoms with van der Waals surface area (Å²) in [5.41, 5.74) is 1.04. The van der Waals surface area contributed by atoms with Gasteiger partial charge in [-0.05, 0) is 24.6 Å². The first-order chi connectivity index (χ1) is 9.40. The summed E-state index contributed by atoms with van der Waals surface area (Å²) in [4.78, 5) is 6.58. The van der Waals surface area contributed by atoms with E-state index in [-0.39, 0.29) is 22.0 Å². The molecule has 0 saturated heterocycles. The van der Waals surface area contributed by atoms with Gasteiger partial charge in [-0.1, -0.05) is 11.6 Å². The van der Waals surface area contributed by atoms with Crippen LogP contribution in [0.1, 0.15) is 11.3 Å². The SMILES string of the molecule is Cc1cc(S(=O)(=O)NCCc2cnc[nH]2)c(Cl)cc1F. The summed E-state index contributed by atoms with van der Waals surface area (Å²) in [5.74, 6) is -0.536. The van der Waals surface area contributed by atoms with Gasteiger partial charge in [0, 0.05) is 24.9 Å².